The molecule has 4 atom stereocenters. The van der Waals surface area contributed by atoms with Gasteiger partial charge in [0.1, 0.15) is 18.1 Å². The first-order valence-corrected chi connectivity index (χ1v) is 12.2. The number of benzene rings is 1. The minimum absolute atomic E-state index is 0.0621. The summed E-state index contributed by atoms with van der Waals surface area (Å²) < 4.78 is 1.47. The van der Waals surface area contributed by atoms with Crippen LogP contribution in [-0.4, -0.2) is 92.0 Å². The summed E-state index contributed by atoms with van der Waals surface area (Å²) in [5.74, 6) is -3.72. The molecule has 0 bridgehead atoms. The van der Waals surface area contributed by atoms with E-state index in [1.54, 1.807) is 18.2 Å². The highest BCUT2D eigenvalue weighted by Gasteiger charge is 2.75. The molecule has 4 aliphatic heterocycles. The van der Waals surface area contributed by atoms with E-state index in [0.717, 1.165) is 10.5 Å². The summed E-state index contributed by atoms with van der Waals surface area (Å²) in [5.41, 5.74) is 11.7. The summed E-state index contributed by atoms with van der Waals surface area (Å²) in [6, 6.07) is 4.23. The molecular weight excluding hydrogens is 480 g/mol. The molecule has 1 aromatic rings. The summed E-state index contributed by atoms with van der Waals surface area (Å²) in [6.45, 7) is 5.95. The number of nitrogens with zero attached hydrogens (tertiary/aromatic N) is 3. The van der Waals surface area contributed by atoms with Gasteiger partial charge in [-0.15, -0.1) is 0 Å². The van der Waals surface area contributed by atoms with E-state index in [1.165, 1.54) is 4.58 Å². The molecule has 2 fully saturated rings. The van der Waals surface area contributed by atoms with E-state index in [9.17, 15) is 24.6 Å². The predicted molar refractivity (Wildman–Crippen MR) is 132 cm³/mol. The van der Waals surface area contributed by atoms with Crippen LogP contribution >= 0.6 is 0 Å². The van der Waals surface area contributed by atoms with E-state index >= 15 is 0 Å². The number of likely N-dealkylation sites (tertiary alicyclic amines) is 1. The normalized spacial score (nSPS) is 30.5. The first-order chi connectivity index (χ1) is 17.3. The standard InChI is InChI=1S/C24H32N8O5/c1-22(2,3)13-6-4-5-12(9-13)19(35)28-15-11-32-21(26)27-14(10-31-16(33)7-8-17(31)34)18-23(32,24(15,36)37)30-20(25)29-18/h4-6,9,14-15,18,36-37H,7-8,10-11H2,1-3H3,(H6,25,26,27,28,29,30,35)/p+1/t14-,15?,18-,23-/m0/s1. The van der Waals surface area contributed by atoms with Gasteiger partial charge in [-0.3, -0.25) is 30.3 Å². The molecule has 0 aliphatic carbocycles. The lowest BCUT2D eigenvalue weighted by Crippen LogP contribution is -2.79. The van der Waals surface area contributed by atoms with E-state index in [-0.39, 0.29) is 55.1 Å². The number of nitrogens with two attached hydrogens (primary N) is 2. The number of hydrogen-bond donors (Lipinski definition) is 7. The molecular formula is C24H33N8O5+. The minimum atomic E-state index is -2.59. The first-order valence-electron chi connectivity index (χ1n) is 12.2. The Hall–Kier alpha value is -3.71. The molecule has 37 heavy (non-hydrogen) atoms. The zero-order valence-electron chi connectivity index (χ0n) is 21.0. The number of carbonyl (C=O) groups is 3. The first kappa shape index (κ1) is 25.0. The van der Waals surface area contributed by atoms with Crippen molar-refractivity contribution in [2.75, 3.05) is 13.1 Å². The lowest BCUT2D eigenvalue weighted by molar-refractivity contribution is -0.623. The maximum atomic E-state index is 13.2. The zero-order valence-corrected chi connectivity index (χ0v) is 21.0. The number of hydrogen-bond acceptors (Lipinski definition) is 10. The van der Waals surface area contributed by atoms with E-state index in [2.05, 4.69) is 20.9 Å². The maximum Gasteiger partial charge on any atom is 0.346 e. The van der Waals surface area contributed by atoms with Crippen LogP contribution in [0.3, 0.4) is 0 Å². The van der Waals surface area contributed by atoms with Gasteiger partial charge >= 0.3 is 5.96 Å². The maximum absolute atomic E-state index is 13.2. The fourth-order valence-electron chi connectivity index (χ4n) is 5.70. The highest BCUT2D eigenvalue weighted by molar-refractivity contribution is 6.02. The molecule has 13 nitrogen and oxygen atoms in total. The molecule has 4 heterocycles. The lowest BCUT2D eigenvalue weighted by Gasteiger charge is -2.44. The van der Waals surface area contributed by atoms with Crippen LogP contribution in [-0.2, 0) is 15.0 Å². The molecule has 1 spiro atoms. The van der Waals surface area contributed by atoms with Crippen molar-refractivity contribution in [3.8, 4) is 0 Å². The van der Waals surface area contributed by atoms with E-state index in [0.29, 0.717) is 5.56 Å². The molecule has 1 unspecified atom stereocenters. The van der Waals surface area contributed by atoms with Crippen LogP contribution in [0.1, 0.15) is 49.5 Å². The highest BCUT2D eigenvalue weighted by atomic mass is 16.5. The van der Waals surface area contributed by atoms with Gasteiger partial charge in [-0.2, -0.15) is 0 Å². The second-order valence-electron chi connectivity index (χ2n) is 11.1. The number of nitrogens with one attached hydrogen (secondary N) is 3. The predicted octanol–water partition coefficient (Wildman–Crippen LogP) is -2.79. The van der Waals surface area contributed by atoms with E-state index in [4.69, 9.17) is 11.5 Å². The number of carbonyl (C=O) groups excluding carboxylic acids is 3. The topological polar surface area (TPSA) is 198 Å². The highest BCUT2D eigenvalue weighted by Crippen LogP contribution is 2.41. The van der Waals surface area contributed by atoms with Crippen molar-refractivity contribution in [1.82, 2.24) is 20.9 Å². The molecule has 5 rings (SSSR count). The van der Waals surface area contributed by atoms with Crippen LogP contribution in [0.4, 0.5) is 0 Å². The number of amides is 3. The fourth-order valence-corrected chi connectivity index (χ4v) is 5.70. The molecule has 1 aromatic carbocycles. The van der Waals surface area contributed by atoms with Crippen LogP contribution in [0.2, 0.25) is 0 Å². The Balaban J connectivity index is 1.45. The lowest BCUT2D eigenvalue weighted by atomic mass is 9.84. The van der Waals surface area contributed by atoms with Gasteiger partial charge in [0.25, 0.3) is 5.91 Å². The Morgan fingerprint density at radius 2 is 1.92 bits per heavy atom. The number of imide groups is 1. The van der Waals surface area contributed by atoms with Gasteiger partial charge in [-0.1, -0.05) is 32.9 Å². The van der Waals surface area contributed by atoms with Crippen molar-refractivity contribution < 1.29 is 29.2 Å². The van der Waals surface area contributed by atoms with Crippen LogP contribution in [0.15, 0.2) is 29.3 Å². The van der Waals surface area contributed by atoms with Gasteiger partial charge in [0.05, 0.1) is 13.1 Å². The van der Waals surface area contributed by atoms with Crippen molar-refractivity contribution in [3.63, 3.8) is 0 Å². The Morgan fingerprint density at radius 3 is 2.57 bits per heavy atom. The van der Waals surface area contributed by atoms with Crippen molar-refractivity contribution in [1.29, 1.82) is 0 Å². The van der Waals surface area contributed by atoms with E-state index < -0.39 is 35.5 Å². The van der Waals surface area contributed by atoms with Gasteiger partial charge in [-0.05, 0) is 23.1 Å². The molecule has 198 valence electrons. The second kappa shape index (κ2) is 8.15. The Bertz CT molecular complexity index is 1240. The fraction of sp³-hybridized carbons (Fsp3) is 0.542. The monoisotopic (exact) mass is 513 g/mol. The SMILES string of the molecule is CC(C)(C)c1cccc(C(=O)NC2C[N+]3=C(N)N[C@@H](CN4C(=O)CCC4=O)[C@@H]4N=C(N)N[C@@]43C2(O)O)c1. The minimum Gasteiger partial charge on any atom is -0.370 e. The molecule has 0 radical (unpaired) electrons. The quantitative estimate of drug-likeness (QED) is 0.126. The Labute approximate surface area is 213 Å². The summed E-state index contributed by atoms with van der Waals surface area (Å²) >= 11 is 0. The summed E-state index contributed by atoms with van der Waals surface area (Å²) in [7, 11) is 0. The summed E-state index contributed by atoms with van der Waals surface area (Å²) in [6.07, 6.45) is 0.232. The third-order valence-electron chi connectivity index (χ3n) is 7.70. The largest absolute Gasteiger partial charge is 0.370 e. The molecule has 9 N–H and O–H groups in total. The molecule has 3 amide bonds. The summed E-state index contributed by atoms with van der Waals surface area (Å²) in [5, 5.41) is 31.8. The number of aliphatic hydroxyl groups is 2. The second-order valence-corrected chi connectivity index (χ2v) is 11.1. The van der Waals surface area contributed by atoms with Gasteiger partial charge in [-0.25, -0.2) is 9.57 Å². The van der Waals surface area contributed by atoms with Crippen molar-refractivity contribution >= 4 is 29.6 Å². The van der Waals surface area contributed by atoms with Crippen molar-refractivity contribution in [2.45, 2.75) is 68.6 Å². The molecule has 2 saturated heterocycles. The molecule has 0 saturated carbocycles. The summed E-state index contributed by atoms with van der Waals surface area (Å²) in [4.78, 5) is 43.2. The van der Waals surface area contributed by atoms with Crippen LogP contribution in [0.5, 0.6) is 0 Å². The van der Waals surface area contributed by atoms with Crippen LogP contribution in [0.25, 0.3) is 0 Å². The van der Waals surface area contributed by atoms with Gasteiger partial charge in [0.15, 0.2) is 5.96 Å². The van der Waals surface area contributed by atoms with Gasteiger partial charge in [0.2, 0.25) is 23.3 Å². The van der Waals surface area contributed by atoms with Crippen molar-refractivity contribution in [2.24, 2.45) is 16.5 Å². The zero-order chi connectivity index (χ0) is 26.9. The van der Waals surface area contributed by atoms with Crippen LogP contribution < -0.4 is 27.4 Å². The van der Waals surface area contributed by atoms with Crippen molar-refractivity contribution in [3.05, 3.63) is 35.4 Å². The van der Waals surface area contributed by atoms with Gasteiger partial charge < -0.3 is 26.6 Å². The number of aliphatic imine (C=N–C) groups is 1. The average molecular weight is 514 g/mol. The third kappa shape index (κ3) is 3.72. The average Bonchev–Trinajstić information content (AvgIpc) is 3.41. The van der Waals surface area contributed by atoms with E-state index in [1.807, 2.05) is 26.8 Å². The van der Waals surface area contributed by atoms with Gasteiger partial charge in [0, 0.05) is 18.4 Å². The smallest absolute Gasteiger partial charge is 0.346 e. The Morgan fingerprint density at radius 1 is 1.24 bits per heavy atom. The molecule has 4 aliphatic rings. The molecule has 0 aromatic heterocycles. The van der Waals surface area contributed by atoms with Crippen LogP contribution in [0, 0.1) is 0 Å². The number of rotatable bonds is 4. The number of guanidine groups is 2. The molecule has 13 heteroatoms. The third-order valence-corrected chi connectivity index (χ3v) is 7.70. The Kier molecular flexibility index (Phi) is 5.50.